The normalized spacial score (nSPS) is 21.1. The molecular formula is C28H35IO6. The number of halogens is 1. The van der Waals surface area contributed by atoms with Gasteiger partial charge in [-0.25, -0.2) is 4.79 Å². The average molecular weight is 594 g/mol. The number of esters is 1. The molecule has 2 aromatic rings. The second-order valence-corrected chi connectivity index (χ2v) is 10.1. The number of methoxy groups -OCH3 is 1. The molecule has 0 N–H and O–H groups in total. The summed E-state index contributed by atoms with van der Waals surface area (Å²) in [6.07, 6.45) is 4.24. The van der Waals surface area contributed by atoms with Gasteiger partial charge in [-0.3, -0.25) is 0 Å². The zero-order valence-corrected chi connectivity index (χ0v) is 23.0. The molecule has 1 saturated heterocycles. The summed E-state index contributed by atoms with van der Waals surface area (Å²) in [5.41, 5.74) is 1.59. The Morgan fingerprint density at radius 1 is 1.11 bits per heavy atom. The Balaban J connectivity index is 1.65. The van der Waals surface area contributed by atoms with E-state index in [9.17, 15) is 4.79 Å². The summed E-state index contributed by atoms with van der Waals surface area (Å²) in [6, 6.07) is 16.8. The second-order valence-electron chi connectivity index (χ2n) is 8.99. The molecule has 7 heteroatoms. The van der Waals surface area contributed by atoms with E-state index in [0.717, 1.165) is 22.2 Å². The predicted octanol–water partition coefficient (Wildman–Crippen LogP) is 6.12. The monoisotopic (exact) mass is 594 g/mol. The Morgan fingerprint density at radius 2 is 1.83 bits per heavy atom. The third-order valence-electron chi connectivity index (χ3n) is 5.68. The number of carbonyl (C=O) groups is 1. The lowest BCUT2D eigenvalue weighted by Crippen LogP contribution is -2.38. The molecule has 0 radical (unpaired) electrons. The van der Waals surface area contributed by atoms with Crippen LogP contribution in [0.4, 0.5) is 0 Å². The quantitative estimate of drug-likeness (QED) is 0.128. The van der Waals surface area contributed by atoms with Gasteiger partial charge in [-0.05, 0) is 69.5 Å². The molecule has 4 atom stereocenters. The van der Waals surface area contributed by atoms with Crippen LogP contribution in [0, 0.1) is 0 Å². The number of rotatable bonds is 12. The minimum Gasteiger partial charge on any atom is -0.497 e. The van der Waals surface area contributed by atoms with Gasteiger partial charge in [0.1, 0.15) is 18.0 Å². The molecule has 0 bridgehead atoms. The first kappa shape index (κ1) is 27.6. The van der Waals surface area contributed by atoms with E-state index < -0.39 is 11.9 Å². The van der Waals surface area contributed by atoms with E-state index in [1.165, 1.54) is 0 Å². The van der Waals surface area contributed by atoms with Gasteiger partial charge in [0, 0.05) is 4.43 Å². The van der Waals surface area contributed by atoms with E-state index in [2.05, 4.69) is 22.6 Å². The van der Waals surface area contributed by atoms with Gasteiger partial charge >= 0.3 is 5.97 Å². The fraction of sp³-hybridized carbons (Fsp3) is 0.464. The minimum atomic E-state index is -0.735. The number of ether oxygens (including phenoxy) is 5. The lowest BCUT2D eigenvalue weighted by molar-refractivity contribution is -0.153. The smallest absolute Gasteiger partial charge is 0.338 e. The Labute approximate surface area is 222 Å². The lowest BCUT2D eigenvalue weighted by Gasteiger charge is -2.24. The molecule has 1 fully saturated rings. The maximum atomic E-state index is 12.9. The van der Waals surface area contributed by atoms with Crippen molar-refractivity contribution in [2.75, 3.05) is 11.5 Å². The van der Waals surface area contributed by atoms with Gasteiger partial charge in [-0.15, -0.1) is 0 Å². The molecule has 3 rings (SSSR count). The van der Waals surface area contributed by atoms with E-state index in [1.807, 2.05) is 75.4 Å². The van der Waals surface area contributed by atoms with E-state index in [-0.39, 0.29) is 24.3 Å². The van der Waals surface area contributed by atoms with Crippen LogP contribution < -0.4 is 4.74 Å². The van der Waals surface area contributed by atoms with Crippen molar-refractivity contribution in [3.8, 4) is 5.75 Å². The Hall–Kier alpha value is -1.94. The summed E-state index contributed by atoms with van der Waals surface area (Å²) in [5.74, 6) is -0.296. The molecule has 1 heterocycles. The van der Waals surface area contributed by atoms with E-state index >= 15 is 0 Å². The van der Waals surface area contributed by atoms with Crippen LogP contribution in [0.2, 0.25) is 0 Å². The number of carbonyl (C=O) groups excluding carboxylic acids is 1. The summed E-state index contributed by atoms with van der Waals surface area (Å²) >= 11 is 2.33. The highest BCUT2D eigenvalue weighted by Gasteiger charge is 2.45. The first-order valence-electron chi connectivity index (χ1n) is 11.9. The standard InChI is InChI=1S/C28H35IO6/c1-20(32-19-21-13-15-23(31-4)16-14-21)9-8-12-24(33-27(30)22-10-6-5-7-11-22)26-25(17-18-29)34-28(2,3)35-26/h5-8,10-16,20,24-26H,9,17-19H2,1-4H3/b12-8-/t20-,24?,25-,26?/m0/s1. The maximum absolute atomic E-state index is 12.9. The maximum Gasteiger partial charge on any atom is 0.338 e. The van der Waals surface area contributed by atoms with Crippen molar-refractivity contribution in [2.24, 2.45) is 0 Å². The predicted molar refractivity (Wildman–Crippen MR) is 144 cm³/mol. The van der Waals surface area contributed by atoms with Crippen molar-refractivity contribution in [3.63, 3.8) is 0 Å². The van der Waals surface area contributed by atoms with Gasteiger partial charge in [0.25, 0.3) is 0 Å². The third kappa shape index (κ3) is 8.59. The zero-order valence-electron chi connectivity index (χ0n) is 20.8. The van der Waals surface area contributed by atoms with Crippen molar-refractivity contribution in [1.82, 2.24) is 0 Å². The SMILES string of the molecule is COc1ccc(CO[C@@H](C)C/C=C\C(OC(=O)c2ccccc2)C2OC(C)(C)O[C@H]2CCI)cc1. The molecule has 6 nitrogen and oxygen atoms in total. The summed E-state index contributed by atoms with van der Waals surface area (Å²) in [4.78, 5) is 12.9. The topological polar surface area (TPSA) is 63.2 Å². The van der Waals surface area contributed by atoms with Crippen molar-refractivity contribution < 1.29 is 28.5 Å². The molecular weight excluding hydrogens is 559 g/mol. The average Bonchev–Trinajstić information content (AvgIpc) is 3.17. The number of benzene rings is 2. The summed E-state index contributed by atoms with van der Waals surface area (Å²) in [7, 11) is 1.65. The van der Waals surface area contributed by atoms with Crippen LogP contribution in [0.5, 0.6) is 5.75 Å². The molecule has 0 saturated carbocycles. The molecule has 0 amide bonds. The zero-order chi connectivity index (χ0) is 25.3. The van der Waals surface area contributed by atoms with Crippen LogP contribution >= 0.6 is 22.6 Å². The molecule has 35 heavy (non-hydrogen) atoms. The van der Waals surface area contributed by atoms with Gasteiger partial charge in [-0.2, -0.15) is 0 Å². The summed E-state index contributed by atoms with van der Waals surface area (Å²) in [5, 5.41) is 0. The van der Waals surface area contributed by atoms with Gasteiger partial charge in [-0.1, -0.05) is 59.0 Å². The van der Waals surface area contributed by atoms with Crippen molar-refractivity contribution in [1.29, 1.82) is 0 Å². The highest BCUT2D eigenvalue weighted by atomic mass is 127. The first-order chi connectivity index (χ1) is 16.8. The second kappa shape index (κ2) is 13.4. The molecule has 0 spiro atoms. The molecule has 0 aliphatic carbocycles. The van der Waals surface area contributed by atoms with Gasteiger partial charge < -0.3 is 23.7 Å². The lowest BCUT2D eigenvalue weighted by atomic mass is 10.0. The van der Waals surface area contributed by atoms with E-state index in [4.69, 9.17) is 23.7 Å². The summed E-state index contributed by atoms with van der Waals surface area (Å²) in [6.45, 7) is 6.32. The Bertz CT molecular complexity index is 944. The minimum absolute atomic E-state index is 0.0128. The van der Waals surface area contributed by atoms with Crippen LogP contribution in [0.1, 0.15) is 49.5 Å². The highest BCUT2D eigenvalue weighted by molar-refractivity contribution is 14.1. The van der Waals surface area contributed by atoms with Gasteiger partial charge in [0.05, 0.1) is 31.5 Å². The van der Waals surface area contributed by atoms with Crippen LogP contribution in [-0.2, 0) is 25.6 Å². The molecule has 2 unspecified atom stereocenters. The fourth-order valence-corrected chi connectivity index (χ4v) is 4.50. The molecule has 190 valence electrons. The molecule has 2 aromatic carbocycles. The molecule has 1 aliphatic rings. The Kier molecular flexibility index (Phi) is 10.6. The summed E-state index contributed by atoms with van der Waals surface area (Å²) < 4.78 is 30.4. The van der Waals surface area contributed by atoms with Gasteiger partial charge in [0.2, 0.25) is 0 Å². The van der Waals surface area contributed by atoms with Gasteiger partial charge in [0.15, 0.2) is 5.79 Å². The van der Waals surface area contributed by atoms with Crippen LogP contribution in [0.15, 0.2) is 66.7 Å². The molecule has 1 aliphatic heterocycles. The fourth-order valence-electron chi connectivity index (χ4n) is 3.89. The van der Waals surface area contributed by atoms with E-state index in [0.29, 0.717) is 18.6 Å². The van der Waals surface area contributed by atoms with Crippen molar-refractivity contribution in [2.45, 2.75) is 70.4 Å². The number of hydrogen-bond acceptors (Lipinski definition) is 6. The number of alkyl halides is 1. The van der Waals surface area contributed by atoms with Crippen molar-refractivity contribution in [3.05, 3.63) is 77.9 Å². The van der Waals surface area contributed by atoms with Crippen LogP contribution in [0.25, 0.3) is 0 Å². The number of hydrogen-bond donors (Lipinski definition) is 0. The largest absolute Gasteiger partial charge is 0.497 e. The van der Waals surface area contributed by atoms with E-state index in [1.54, 1.807) is 19.2 Å². The van der Waals surface area contributed by atoms with Crippen LogP contribution in [-0.4, -0.2) is 47.7 Å². The van der Waals surface area contributed by atoms with Crippen LogP contribution in [0.3, 0.4) is 0 Å². The molecule has 0 aromatic heterocycles. The third-order valence-corrected chi connectivity index (χ3v) is 6.30. The first-order valence-corrected chi connectivity index (χ1v) is 13.4. The highest BCUT2D eigenvalue weighted by Crippen LogP contribution is 2.33. The van der Waals surface area contributed by atoms with Crippen molar-refractivity contribution >= 4 is 28.6 Å². The Morgan fingerprint density at radius 3 is 2.49 bits per heavy atom.